The average molecular weight is 307 g/mol. The number of likely N-dealkylation sites (N-methyl/N-ethyl adjacent to an activating group) is 1. The zero-order valence-corrected chi connectivity index (χ0v) is 12.6. The third-order valence-corrected chi connectivity index (χ3v) is 2.92. The Bertz CT molecular complexity index is 533. The molecule has 6 N–H and O–H groups in total. The number of hydrogen-bond acceptors (Lipinski definition) is 4. The zero-order valence-electron chi connectivity index (χ0n) is 12.6. The molecule has 1 aromatic rings. The molecule has 0 unspecified atom stereocenters. The third-order valence-electron chi connectivity index (χ3n) is 2.92. The van der Waals surface area contributed by atoms with Crippen LogP contribution in [0.25, 0.3) is 0 Å². The van der Waals surface area contributed by atoms with Crippen molar-refractivity contribution in [1.29, 1.82) is 0 Å². The minimum absolute atomic E-state index is 0.258. The van der Waals surface area contributed by atoms with Crippen molar-refractivity contribution in [2.45, 2.75) is 25.4 Å². The summed E-state index contributed by atoms with van der Waals surface area (Å²) in [5, 5.41) is 3.39. The predicted molar refractivity (Wildman–Crippen MR) is 81.2 cm³/mol. The Morgan fingerprint density at radius 2 is 1.82 bits per heavy atom. The van der Waals surface area contributed by atoms with Gasteiger partial charge in [0.25, 0.3) is 5.91 Å². The molecule has 0 radical (unpaired) electrons. The second kappa shape index (κ2) is 7.99. The van der Waals surface area contributed by atoms with Crippen LogP contribution in [0, 0.1) is 0 Å². The number of nitrogens with one attached hydrogen (secondary N) is 2. The quantitative estimate of drug-likeness (QED) is 0.525. The van der Waals surface area contributed by atoms with Crippen molar-refractivity contribution in [3.8, 4) is 0 Å². The highest BCUT2D eigenvalue weighted by molar-refractivity contribution is 5.88. The fraction of sp³-hybridized carbons (Fsp3) is 0.357. The van der Waals surface area contributed by atoms with Gasteiger partial charge in [0.1, 0.15) is 6.04 Å². The van der Waals surface area contributed by atoms with Gasteiger partial charge >= 0.3 is 6.03 Å². The predicted octanol–water partition coefficient (Wildman–Crippen LogP) is -0.897. The lowest BCUT2D eigenvalue weighted by atomic mass is 10.1. The van der Waals surface area contributed by atoms with Gasteiger partial charge in [0.15, 0.2) is 0 Å². The number of amides is 4. The summed E-state index contributed by atoms with van der Waals surface area (Å²) >= 11 is 0. The number of rotatable bonds is 5. The number of urea groups is 1. The van der Waals surface area contributed by atoms with Crippen molar-refractivity contribution in [2.75, 3.05) is 7.05 Å². The maximum absolute atomic E-state index is 11.8. The lowest BCUT2D eigenvalue weighted by Crippen LogP contribution is -2.56. The van der Waals surface area contributed by atoms with Crippen LogP contribution < -0.4 is 22.2 Å². The summed E-state index contributed by atoms with van der Waals surface area (Å²) in [6, 6.07) is 6.78. The van der Waals surface area contributed by atoms with Crippen LogP contribution in [0.1, 0.15) is 12.5 Å². The monoisotopic (exact) mass is 307 g/mol. The average Bonchev–Trinajstić information content (AvgIpc) is 2.46. The summed E-state index contributed by atoms with van der Waals surface area (Å²) in [5.74, 6) is -1.13. The van der Waals surface area contributed by atoms with Crippen molar-refractivity contribution >= 4 is 17.8 Å². The van der Waals surface area contributed by atoms with Gasteiger partial charge in [0, 0.05) is 13.5 Å². The normalized spacial score (nSPS) is 12.9. The standard InChI is InChI=1S/C14H21N5O3/c1-9(15)13(21)19(2)18-14(22)17-11(12(16)20)8-10-6-4-3-5-7-10/h3-7,9,11H,8,15H2,1-2H3,(H2,16,20)(H2,17,18,22)/t9-,11+/m1/s1. The Labute approximate surface area is 128 Å². The van der Waals surface area contributed by atoms with E-state index in [0.29, 0.717) is 0 Å². The van der Waals surface area contributed by atoms with Crippen LogP contribution >= 0.6 is 0 Å². The van der Waals surface area contributed by atoms with Crippen LogP contribution in [0.4, 0.5) is 4.79 Å². The Kier molecular flexibility index (Phi) is 6.33. The van der Waals surface area contributed by atoms with Crippen molar-refractivity contribution in [2.24, 2.45) is 11.5 Å². The van der Waals surface area contributed by atoms with E-state index in [1.807, 2.05) is 30.3 Å². The summed E-state index contributed by atoms with van der Waals surface area (Å²) in [5.41, 5.74) is 13.8. The van der Waals surface area contributed by atoms with Gasteiger partial charge in [-0.3, -0.25) is 14.6 Å². The molecule has 120 valence electrons. The lowest BCUT2D eigenvalue weighted by molar-refractivity contribution is -0.132. The minimum Gasteiger partial charge on any atom is -0.368 e. The Morgan fingerprint density at radius 1 is 1.23 bits per heavy atom. The number of carbonyl (C=O) groups excluding carboxylic acids is 3. The van der Waals surface area contributed by atoms with Gasteiger partial charge in [-0.15, -0.1) is 0 Å². The van der Waals surface area contributed by atoms with Crippen molar-refractivity contribution in [3.63, 3.8) is 0 Å². The van der Waals surface area contributed by atoms with Crippen molar-refractivity contribution < 1.29 is 14.4 Å². The van der Waals surface area contributed by atoms with E-state index in [9.17, 15) is 14.4 Å². The van der Waals surface area contributed by atoms with Crippen LogP contribution in [0.5, 0.6) is 0 Å². The van der Waals surface area contributed by atoms with Gasteiger partial charge in [-0.2, -0.15) is 0 Å². The molecule has 0 bridgehead atoms. The molecule has 1 aromatic carbocycles. The van der Waals surface area contributed by atoms with E-state index < -0.39 is 29.9 Å². The molecular formula is C14H21N5O3. The number of carbonyl (C=O) groups is 3. The highest BCUT2D eigenvalue weighted by Crippen LogP contribution is 2.03. The fourth-order valence-electron chi connectivity index (χ4n) is 1.78. The van der Waals surface area contributed by atoms with Gasteiger partial charge in [0.2, 0.25) is 5.91 Å². The van der Waals surface area contributed by atoms with E-state index in [0.717, 1.165) is 10.6 Å². The molecule has 0 aliphatic rings. The lowest BCUT2D eigenvalue weighted by Gasteiger charge is -2.22. The molecule has 0 fully saturated rings. The molecular weight excluding hydrogens is 286 g/mol. The van der Waals surface area contributed by atoms with Gasteiger partial charge in [-0.05, 0) is 12.5 Å². The van der Waals surface area contributed by atoms with Crippen LogP contribution in [0.15, 0.2) is 30.3 Å². The number of hydrazine groups is 1. The summed E-state index contributed by atoms with van der Waals surface area (Å²) in [7, 11) is 1.36. The number of nitrogens with two attached hydrogens (primary N) is 2. The largest absolute Gasteiger partial charge is 0.368 e. The van der Waals surface area contributed by atoms with Crippen molar-refractivity contribution in [3.05, 3.63) is 35.9 Å². The molecule has 2 atom stereocenters. The molecule has 0 aromatic heterocycles. The summed E-state index contributed by atoms with van der Waals surface area (Å²) < 4.78 is 0. The fourth-order valence-corrected chi connectivity index (χ4v) is 1.78. The Morgan fingerprint density at radius 3 is 2.32 bits per heavy atom. The molecule has 0 aliphatic carbocycles. The zero-order chi connectivity index (χ0) is 16.7. The highest BCUT2D eigenvalue weighted by Gasteiger charge is 2.21. The summed E-state index contributed by atoms with van der Waals surface area (Å²) in [4.78, 5) is 34.8. The summed E-state index contributed by atoms with van der Waals surface area (Å²) in [6.07, 6.45) is 0.258. The molecule has 1 rings (SSSR count). The minimum atomic E-state index is -0.888. The van der Waals surface area contributed by atoms with Crippen LogP contribution in [-0.2, 0) is 16.0 Å². The molecule has 8 heteroatoms. The second-order valence-electron chi connectivity index (χ2n) is 4.92. The van der Waals surface area contributed by atoms with Gasteiger partial charge in [0.05, 0.1) is 6.04 Å². The number of nitrogens with zero attached hydrogens (tertiary/aromatic N) is 1. The Balaban J connectivity index is 2.62. The molecule has 0 saturated carbocycles. The summed E-state index contributed by atoms with van der Waals surface area (Å²) in [6.45, 7) is 1.50. The van der Waals surface area contributed by atoms with E-state index in [1.54, 1.807) is 0 Å². The molecule has 8 nitrogen and oxygen atoms in total. The SMILES string of the molecule is C[C@@H](N)C(=O)N(C)NC(=O)N[C@@H](Cc1ccccc1)C(N)=O. The first-order valence-electron chi connectivity index (χ1n) is 6.74. The molecule has 4 amide bonds. The number of primary amides is 1. The van der Waals surface area contributed by atoms with E-state index in [-0.39, 0.29) is 6.42 Å². The highest BCUT2D eigenvalue weighted by atomic mass is 16.2. The topological polar surface area (TPSA) is 131 Å². The number of hydrogen-bond donors (Lipinski definition) is 4. The van der Waals surface area contributed by atoms with E-state index >= 15 is 0 Å². The third kappa shape index (κ3) is 5.41. The van der Waals surface area contributed by atoms with Gasteiger partial charge in [-0.25, -0.2) is 10.2 Å². The van der Waals surface area contributed by atoms with Gasteiger partial charge < -0.3 is 16.8 Å². The molecule has 0 aliphatic heterocycles. The first kappa shape index (κ1) is 17.4. The first-order valence-corrected chi connectivity index (χ1v) is 6.74. The maximum Gasteiger partial charge on any atom is 0.334 e. The molecule has 0 saturated heterocycles. The maximum atomic E-state index is 11.8. The van der Waals surface area contributed by atoms with E-state index in [4.69, 9.17) is 11.5 Å². The van der Waals surface area contributed by atoms with Crippen LogP contribution in [0.2, 0.25) is 0 Å². The molecule has 22 heavy (non-hydrogen) atoms. The smallest absolute Gasteiger partial charge is 0.334 e. The van der Waals surface area contributed by atoms with Crippen LogP contribution in [-0.4, -0.2) is 42.0 Å². The number of benzene rings is 1. The van der Waals surface area contributed by atoms with Crippen molar-refractivity contribution in [1.82, 2.24) is 15.8 Å². The van der Waals surface area contributed by atoms with Gasteiger partial charge in [-0.1, -0.05) is 30.3 Å². The second-order valence-corrected chi connectivity index (χ2v) is 4.92. The molecule has 0 heterocycles. The first-order chi connectivity index (χ1) is 10.3. The van der Waals surface area contributed by atoms with E-state index in [1.165, 1.54) is 14.0 Å². The molecule has 0 spiro atoms. The van der Waals surface area contributed by atoms with Crippen LogP contribution in [0.3, 0.4) is 0 Å². The Hall–Kier alpha value is -2.61. The van der Waals surface area contributed by atoms with E-state index in [2.05, 4.69) is 10.7 Å².